The van der Waals surface area contributed by atoms with E-state index >= 15 is 0 Å². The van der Waals surface area contributed by atoms with Crippen molar-refractivity contribution >= 4 is 11.1 Å². The molecule has 3 rings (SSSR count). The van der Waals surface area contributed by atoms with Crippen LogP contribution < -0.4 is 10.4 Å². The highest BCUT2D eigenvalue weighted by Crippen LogP contribution is 2.36. The quantitative estimate of drug-likeness (QED) is 0.391. The van der Waals surface area contributed by atoms with Crippen LogP contribution in [0.4, 0.5) is 26.3 Å². The summed E-state index contributed by atoms with van der Waals surface area (Å²) in [5, 5.41) is 76.7. The lowest BCUT2D eigenvalue weighted by Crippen LogP contribution is -2.23. The lowest BCUT2D eigenvalue weighted by atomic mass is 9.89. The molecule has 0 heterocycles. The summed E-state index contributed by atoms with van der Waals surface area (Å²) < 4.78 is 80.7. The Balaban J connectivity index is 2.60. The van der Waals surface area contributed by atoms with Gasteiger partial charge in [0.15, 0.2) is 0 Å². The van der Waals surface area contributed by atoms with E-state index in [1.807, 2.05) is 0 Å². The van der Waals surface area contributed by atoms with Gasteiger partial charge in [-0.1, -0.05) is 12.1 Å². The van der Waals surface area contributed by atoms with Gasteiger partial charge in [-0.2, -0.15) is 68.4 Å². The third kappa shape index (κ3) is 5.44. The molecule has 0 aromatic heterocycles. The van der Waals surface area contributed by atoms with E-state index in [-0.39, 0.29) is 0 Å². The summed E-state index contributed by atoms with van der Waals surface area (Å²) in [6.07, 6.45) is -10.1. The highest BCUT2D eigenvalue weighted by Gasteiger charge is 2.36. The van der Waals surface area contributed by atoms with Crippen LogP contribution in [-0.2, 0) is 12.4 Å². The average molecular weight is 592 g/mol. The largest absolute Gasteiger partial charge is 0.417 e. The first-order chi connectivity index (χ1) is 20.7. The standard InChI is InChI=1S/C30H6F6N8/c31-29(32,33)27-5-15(7-37)21(3-17(27)9-39)23(11-41)19-1-2-20(26(14-44)25(19)13-43)24(12-42)22-4-18(10-40)28(30(34,35)36)6-16(22)8-38/h1-6H/b23-19-,24-20-. The number of rotatable bonds is 2. The molecule has 0 aliphatic heterocycles. The van der Waals surface area contributed by atoms with E-state index in [1.54, 1.807) is 24.3 Å². The van der Waals surface area contributed by atoms with E-state index in [0.29, 0.717) is 24.3 Å². The zero-order chi connectivity index (χ0) is 33.0. The molecule has 0 saturated carbocycles. The van der Waals surface area contributed by atoms with E-state index in [1.165, 1.54) is 24.3 Å². The van der Waals surface area contributed by atoms with Crippen LogP contribution in [0.1, 0.15) is 55.6 Å². The van der Waals surface area contributed by atoms with Gasteiger partial charge < -0.3 is 0 Å². The van der Waals surface area contributed by atoms with Gasteiger partial charge in [-0.25, -0.2) is 0 Å². The molecule has 0 saturated heterocycles. The Morgan fingerprint density at radius 3 is 1.00 bits per heavy atom. The van der Waals surface area contributed by atoms with Crippen LogP contribution in [0.25, 0.3) is 11.1 Å². The molecule has 0 unspecified atom stereocenters. The number of nitriles is 8. The van der Waals surface area contributed by atoms with E-state index in [2.05, 4.69) is 0 Å². The van der Waals surface area contributed by atoms with Crippen molar-refractivity contribution in [2.75, 3.05) is 0 Å². The molecule has 0 radical (unpaired) electrons. The minimum atomic E-state index is -5.04. The van der Waals surface area contributed by atoms with E-state index in [4.69, 9.17) is 0 Å². The molecule has 0 amide bonds. The van der Waals surface area contributed by atoms with E-state index in [9.17, 15) is 68.4 Å². The molecule has 0 fully saturated rings. The van der Waals surface area contributed by atoms with Gasteiger partial charge in [-0.05, 0) is 24.3 Å². The minimum absolute atomic E-state index is 0.346. The van der Waals surface area contributed by atoms with Crippen molar-refractivity contribution in [3.05, 3.63) is 102 Å². The summed E-state index contributed by atoms with van der Waals surface area (Å²) in [4.78, 5) is 0. The van der Waals surface area contributed by atoms with Crippen LogP contribution in [0.2, 0.25) is 0 Å². The summed E-state index contributed by atoms with van der Waals surface area (Å²) in [7, 11) is 0. The van der Waals surface area contributed by atoms with Crippen molar-refractivity contribution < 1.29 is 26.3 Å². The molecule has 8 nitrogen and oxygen atoms in total. The van der Waals surface area contributed by atoms with Gasteiger partial charge in [0.05, 0.1) is 79.9 Å². The summed E-state index contributed by atoms with van der Waals surface area (Å²) in [5.41, 5.74) is -9.60. The van der Waals surface area contributed by atoms with Gasteiger partial charge in [0.1, 0.15) is 24.3 Å². The van der Waals surface area contributed by atoms with Crippen molar-refractivity contribution in [2.24, 2.45) is 0 Å². The van der Waals surface area contributed by atoms with Gasteiger partial charge in [-0.3, -0.25) is 0 Å². The first kappa shape index (κ1) is 31.4. The highest BCUT2D eigenvalue weighted by atomic mass is 19.4. The van der Waals surface area contributed by atoms with Gasteiger partial charge in [0.25, 0.3) is 0 Å². The van der Waals surface area contributed by atoms with Crippen LogP contribution in [0.3, 0.4) is 0 Å². The van der Waals surface area contributed by atoms with Gasteiger partial charge >= 0.3 is 12.4 Å². The molecule has 3 aromatic carbocycles. The third-order valence-corrected chi connectivity index (χ3v) is 6.14. The number of alkyl halides is 6. The Bertz CT molecular complexity index is 2080. The molecule has 14 heteroatoms. The molecular formula is C30H6F6N8. The number of hydrogen-bond acceptors (Lipinski definition) is 8. The maximum Gasteiger partial charge on any atom is 0.417 e. The minimum Gasteiger partial charge on any atom is -0.192 e. The summed E-state index contributed by atoms with van der Waals surface area (Å²) in [6, 6.07) is 16.2. The molecule has 3 aromatic rings. The third-order valence-electron chi connectivity index (χ3n) is 6.14. The van der Waals surface area contributed by atoms with Crippen LogP contribution in [0.15, 0.2) is 36.4 Å². The summed E-state index contributed by atoms with van der Waals surface area (Å²) >= 11 is 0. The number of halogens is 6. The fourth-order valence-electron chi connectivity index (χ4n) is 4.23. The smallest absolute Gasteiger partial charge is 0.192 e. The van der Waals surface area contributed by atoms with Crippen LogP contribution in [-0.4, -0.2) is 0 Å². The fraction of sp³-hybridized carbons (Fsp3) is 0.0667. The maximum absolute atomic E-state index is 13.4. The zero-order valence-electron chi connectivity index (χ0n) is 21.3. The topological polar surface area (TPSA) is 190 Å². The SMILES string of the molecule is N#C/C(c1cc(C#N)c(C(F)(F)F)cc1C#N)=c1\cc/c(=C(\C#N)c2cc(C#N)c(C(F)(F)F)cc2C#N)c(C#N)c1C#N. The van der Waals surface area contributed by atoms with Crippen LogP contribution >= 0.6 is 0 Å². The summed E-state index contributed by atoms with van der Waals surface area (Å²) in [6.45, 7) is 0. The lowest BCUT2D eigenvalue weighted by Gasteiger charge is -2.13. The van der Waals surface area contributed by atoms with Crippen molar-refractivity contribution in [1.82, 2.24) is 0 Å². The Hall–Kier alpha value is -7.10. The second kappa shape index (κ2) is 11.8. The first-order valence-electron chi connectivity index (χ1n) is 11.4. The Kier molecular flexibility index (Phi) is 8.42. The molecular weight excluding hydrogens is 586 g/mol. The number of hydrogen-bond donors (Lipinski definition) is 0. The molecule has 0 aliphatic carbocycles. The lowest BCUT2D eigenvalue weighted by molar-refractivity contribution is -0.138. The van der Waals surface area contributed by atoms with Gasteiger partial charge in [0, 0.05) is 21.6 Å². The van der Waals surface area contributed by atoms with Crippen molar-refractivity contribution in [1.29, 1.82) is 42.1 Å². The van der Waals surface area contributed by atoms with Gasteiger partial charge in [0.2, 0.25) is 0 Å². The maximum atomic E-state index is 13.4. The molecule has 0 N–H and O–H groups in total. The summed E-state index contributed by atoms with van der Waals surface area (Å²) in [5.74, 6) is 0. The normalized spacial score (nSPS) is 12.0. The first-order valence-corrected chi connectivity index (χ1v) is 11.4. The second-order valence-corrected chi connectivity index (χ2v) is 8.44. The Labute approximate surface area is 243 Å². The molecule has 0 bridgehead atoms. The molecule has 0 spiro atoms. The van der Waals surface area contributed by atoms with Crippen LogP contribution in [0, 0.1) is 90.6 Å². The molecule has 44 heavy (non-hydrogen) atoms. The predicted molar refractivity (Wildman–Crippen MR) is 133 cm³/mol. The number of benzene rings is 3. The monoisotopic (exact) mass is 592 g/mol. The average Bonchev–Trinajstić information content (AvgIpc) is 3.00. The Morgan fingerprint density at radius 2 is 0.773 bits per heavy atom. The van der Waals surface area contributed by atoms with Crippen molar-refractivity contribution in [2.45, 2.75) is 12.4 Å². The zero-order valence-corrected chi connectivity index (χ0v) is 21.3. The molecule has 0 aliphatic rings. The van der Waals surface area contributed by atoms with E-state index < -0.39 is 89.6 Å². The van der Waals surface area contributed by atoms with Gasteiger partial charge in [-0.15, -0.1) is 0 Å². The van der Waals surface area contributed by atoms with E-state index in [0.717, 1.165) is 12.1 Å². The predicted octanol–water partition coefficient (Wildman–Crippen LogP) is 4.40. The number of nitrogens with zero attached hydrogens (tertiary/aromatic N) is 8. The molecule has 208 valence electrons. The second-order valence-electron chi connectivity index (χ2n) is 8.44. The highest BCUT2D eigenvalue weighted by molar-refractivity contribution is 5.85. The van der Waals surface area contributed by atoms with Crippen molar-refractivity contribution in [3.8, 4) is 48.6 Å². The van der Waals surface area contributed by atoms with Crippen LogP contribution in [0.5, 0.6) is 0 Å². The Morgan fingerprint density at radius 1 is 0.455 bits per heavy atom. The van der Waals surface area contributed by atoms with Crippen molar-refractivity contribution in [3.63, 3.8) is 0 Å². The molecule has 0 atom stereocenters. The fourth-order valence-corrected chi connectivity index (χ4v) is 4.23.